The van der Waals surface area contributed by atoms with Crippen LogP contribution < -0.4 is 5.73 Å². The van der Waals surface area contributed by atoms with E-state index in [4.69, 9.17) is 10.5 Å². The number of benzene rings is 1. The van der Waals surface area contributed by atoms with Crippen LogP contribution in [0.2, 0.25) is 0 Å². The number of ketones is 1. The lowest BCUT2D eigenvalue weighted by atomic mass is 9.72. The highest BCUT2D eigenvalue weighted by Gasteiger charge is 2.54. The Morgan fingerprint density at radius 2 is 1.92 bits per heavy atom. The van der Waals surface area contributed by atoms with Crippen molar-refractivity contribution in [2.24, 2.45) is 11.1 Å². The van der Waals surface area contributed by atoms with Gasteiger partial charge in [0.2, 0.25) is 11.8 Å². The molecule has 4 atom stereocenters. The van der Waals surface area contributed by atoms with Crippen LogP contribution in [0.25, 0.3) is 0 Å². The topological polar surface area (TPSA) is 92.9 Å². The maximum absolute atomic E-state index is 14.3. The second-order valence-electron chi connectivity index (χ2n) is 11.6. The maximum Gasteiger partial charge on any atom is 0.249 e. The average Bonchev–Trinajstić information content (AvgIpc) is 3.39. The Kier molecular flexibility index (Phi) is 8.17. The van der Waals surface area contributed by atoms with Crippen LogP contribution >= 0.6 is 11.8 Å². The van der Waals surface area contributed by atoms with Gasteiger partial charge in [-0.3, -0.25) is 14.4 Å². The van der Waals surface area contributed by atoms with Crippen molar-refractivity contribution in [1.82, 2.24) is 9.80 Å². The van der Waals surface area contributed by atoms with E-state index in [1.54, 1.807) is 22.7 Å². The van der Waals surface area contributed by atoms with Gasteiger partial charge in [0.05, 0.1) is 17.3 Å². The van der Waals surface area contributed by atoms with E-state index in [9.17, 15) is 14.4 Å². The van der Waals surface area contributed by atoms with Crippen LogP contribution in [-0.4, -0.2) is 83.8 Å². The fraction of sp³-hybridized carbons (Fsp3) is 0.679. The maximum atomic E-state index is 14.3. The molecule has 3 saturated heterocycles. The van der Waals surface area contributed by atoms with Crippen LogP contribution in [0.1, 0.15) is 80.3 Å². The summed E-state index contributed by atoms with van der Waals surface area (Å²) in [5.74, 6) is -0.908. The van der Waals surface area contributed by atoms with Crippen LogP contribution in [-0.2, 0) is 14.3 Å². The van der Waals surface area contributed by atoms with Gasteiger partial charge in [-0.15, -0.1) is 0 Å². The van der Waals surface area contributed by atoms with Crippen molar-refractivity contribution in [1.29, 1.82) is 0 Å². The number of fused-ring (bicyclic) bond motifs is 1. The molecule has 3 aliphatic rings. The van der Waals surface area contributed by atoms with Gasteiger partial charge in [0.25, 0.3) is 0 Å². The van der Waals surface area contributed by atoms with Crippen LogP contribution in [0.15, 0.2) is 18.2 Å². The van der Waals surface area contributed by atoms with E-state index in [0.717, 1.165) is 44.5 Å². The summed E-state index contributed by atoms with van der Waals surface area (Å²) in [5.41, 5.74) is 7.58. The molecule has 4 rings (SSSR count). The highest BCUT2D eigenvalue weighted by molar-refractivity contribution is 7.99. The molecule has 198 valence electrons. The highest BCUT2D eigenvalue weighted by atomic mass is 32.2. The average molecular weight is 516 g/mol. The van der Waals surface area contributed by atoms with Crippen molar-refractivity contribution in [3.63, 3.8) is 0 Å². The number of primary amides is 1. The van der Waals surface area contributed by atoms with Gasteiger partial charge in [-0.05, 0) is 73.7 Å². The zero-order valence-corrected chi connectivity index (χ0v) is 23.1. The number of amides is 2. The molecule has 8 heteroatoms. The number of rotatable bonds is 7. The lowest BCUT2D eigenvalue weighted by Gasteiger charge is -2.36. The largest absolute Gasteiger partial charge is 0.367 e. The van der Waals surface area contributed by atoms with Gasteiger partial charge >= 0.3 is 0 Å². The molecule has 0 unspecified atom stereocenters. The summed E-state index contributed by atoms with van der Waals surface area (Å²) in [5, 5.41) is 0.0567. The number of piperidine rings is 1. The van der Waals surface area contributed by atoms with Crippen molar-refractivity contribution < 1.29 is 19.1 Å². The van der Waals surface area contributed by atoms with Gasteiger partial charge in [0.1, 0.15) is 12.6 Å². The lowest BCUT2D eigenvalue weighted by molar-refractivity contribution is -0.139. The molecule has 1 aromatic rings. The van der Waals surface area contributed by atoms with Gasteiger partial charge in [-0.2, -0.15) is 11.8 Å². The number of carbonyl (C=O) groups is 3. The molecular formula is C28H41N3O4S. The molecule has 0 spiro atoms. The van der Waals surface area contributed by atoms with E-state index < -0.39 is 23.3 Å². The van der Waals surface area contributed by atoms with Crippen molar-refractivity contribution in [3.05, 3.63) is 34.9 Å². The number of carbonyl (C=O) groups excluding carboxylic acids is 3. The Hall–Kier alpha value is -1.90. The van der Waals surface area contributed by atoms with Crippen LogP contribution in [0, 0.1) is 5.41 Å². The molecule has 0 aromatic heterocycles. The van der Waals surface area contributed by atoms with Crippen molar-refractivity contribution in [2.75, 3.05) is 39.0 Å². The third-order valence-corrected chi connectivity index (χ3v) is 9.11. The second-order valence-corrected chi connectivity index (χ2v) is 12.7. The molecule has 2 amide bonds. The first-order valence-corrected chi connectivity index (χ1v) is 14.5. The second kappa shape index (κ2) is 10.8. The summed E-state index contributed by atoms with van der Waals surface area (Å²) >= 11 is 1.63. The quantitative estimate of drug-likeness (QED) is 0.598. The van der Waals surface area contributed by atoms with E-state index in [1.807, 2.05) is 33.1 Å². The van der Waals surface area contributed by atoms with E-state index >= 15 is 0 Å². The minimum Gasteiger partial charge on any atom is -0.367 e. The molecule has 36 heavy (non-hydrogen) atoms. The summed E-state index contributed by atoms with van der Waals surface area (Å²) in [6, 6.07) is 5.32. The standard InChI is InChI=1S/C28H41N3O4S/c1-6-11-30-12-9-17(10-13-30)18-7-8-19(26(29)33)20(14-18)23(28(2,3)4)27(34)31-15-22(36-5)25-24(31)21(32)16-35-25/h7-8,14,17,22-25H,6,9-13,15-16H2,1-5H3,(H2,29,33)/t22-,23-,24+,25+/m0/s1. The monoisotopic (exact) mass is 515 g/mol. The third kappa shape index (κ3) is 5.22. The Morgan fingerprint density at radius 1 is 1.22 bits per heavy atom. The molecular weight excluding hydrogens is 474 g/mol. The van der Waals surface area contributed by atoms with Crippen LogP contribution in [0.3, 0.4) is 0 Å². The van der Waals surface area contributed by atoms with Crippen LogP contribution in [0.4, 0.5) is 0 Å². The van der Waals surface area contributed by atoms with Gasteiger partial charge in [0, 0.05) is 12.1 Å². The van der Waals surface area contributed by atoms with Gasteiger partial charge in [-0.25, -0.2) is 0 Å². The smallest absolute Gasteiger partial charge is 0.249 e. The predicted octanol–water partition coefficient (Wildman–Crippen LogP) is 3.41. The third-order valence-electron chi connectivity index (χ3n) is 8.09. The molecule has 0 radical (unpaired) electrons. The number of ether oxygens (including phenoxy) is 1. The summed E-state index contributed by atoms with van der Waals surface area (Å²) in [4.78, 5) is 43.8. The first-order chi connectivity index (χ1) is 17.1. The predicted molar refractivity (Wildman–Crippen MR) is 143 cm³/mol. The SMILES string of the molecule is CCCN1CCC(c2ccc(C(N)=O)c([C@@H](C(=O)N3C[C@H](SC)[C@H]4OCC(=O)[C@H]43)C(C)(C)C)c2)CC1. The minimum atomic E-state index is -0.602. The molecule has 0 aliphatic carbocycles. The molecule has 1 aromatic carbocycles. The Balaban J connectivity index is 1.70. The molecule has 3 heterocycles. The van der Waals surface area contributed by atoms with E-state index in [1.165, 1.54) is 0 Å². The summed E-state index contributed by atoms with van der Waals surface area (Å²) in [6.45, 7) is 12.0. The van der Waals surface area contributed by atoms with Crippen molar-refractivity contribution in [2.45, 2.75) is 76.2 Å². The number of Topliss-reactive ketones (excluding diaryl/α,β-unsaturated/α-hetero) is 1. The van der Waals surface area contributed by atoms with Gasteiger partial charge in [-0.1, -0.05) is 39.8 Å². The molecule has 3 fully saturated rings. The number of thioether (sulfide) groups is 1. The van der Waals surface area contributed by atoms with Crippen molar-refractivity contribution >= 4 is 29.4 Å². The Morgan fingerprint density at radius 3 is 2.50 bits per heavy atom. The lowest BCUT2D eigenvalue weighted by Crippen LogP contribution is -2.47. The van der Waals surface area contributed by atoms with Crippen molar-refractivity contribution in [3.8, 4) is 0 Å². The van der Waals surface area contributed by atoms with Gasteiger partial charge in [0.15, 0.2) is 5.78 Å². The van der Waals surface area contributed by atoms with Gasteiger partial charge < -0.3 is 20.3 Å². The van der Waals surface area contributed by atoms with E-state index in [0.29, 0.717) is 23.6 Å². The Labute approximate surface area is 219 Å². The first kappa shape index (κ1) is 27.1. The highest BCUT2D eigenvalue weighted by Crippen LogP contribution is 2.43. The fourth-order valence-corrected chi connectivity index (χ4v) is 7.09. The summed E-state index contributed by atoms with van der Waals surface area (Å²) in [7, 11) is 0. The Bertz CT molecular complexity index is 999. The number of nitrogens with zero attached hydrogens (tertiary/aromatic N) is 2. The summed E-state index contributed by atoms with van der Waals surface area (Å²) in [6.07, 6.45) is 4.98. The van der Waals surface area contributed by atoms with E-state index in [-0.39, 0.29) is 29.7 Å². The molecule has 2 N–H and O–H groups in total. The molecule has 7 nitrogen and oxygen atoms in total. The fourth-order valence-electron chi connectivity index (χ4n) is 6.29. The zero-order valence-electron chi connectivity index (χ0n) is 22.3. The number of nitrogens with two attached hydrogens (primary N) is 1. The van der Waals surface area contributed by atoms with E-state index in [2.05, 4.69) is 17.9 Å². The molecule has 0 bridgehead atoms. The zero-order chi connectivity index (χ0) is 26.2. The minimum absolute atomic E-state index is 0.0414. The number of hydrogen-bond acceptors (Lipinski definition) is 6. The first-order valence-electron chi connectivity index (χ1n) is 13.2. The normalized spacial score (nSPS) is 26.3. The molecule has 3 aliphatic heterocycles. The molecule has 0 saturated carbocycles. The number of likely N-dealkylation sites (tertiary alicyclic amines) is 2. The number of hydrogen-bond donors (Lipinski definition) is 1. The summed E-state index contributed by atoms with van der Waals surface area (Å²) < 4.78 is 5.79. The van der Waals surface area contributed by atoms with Crippen LogP contribution in [0.5, 0.6) is 0 Å².